The van der Waals surface area contributed by atoms with Crippen LogP contribution in [0.4, 0.5) is 4.39 Å². The molecule has 2 N–H and O–H groups in total. The third-order valence-corrected chi connectivity index (χ3v) is 3.73. The number of carbonyl (C=O) groups excluding carboxylic acids is 1. The van der Waals surface area contributed by atoms with Gasteiger partial charge in [-0.15, -0.1) is 0 Å². The van der Waals surface area contributed by atoms with Crippen LogP contribution in [0.2, 0.25) is 0 Å². The molecule has 19 heavy (non-hydrogen) atoms. The Hall–Kier alpha value is -1.42. The molecule has 0 aliphatic carbocycles. The van der Waals surface area contributed by atoms with Gasteiger partial charge in [0.2, 0.25) is 5.91 Å². The fourth-order valence-electron chi connectivity index (χ4n) is 2.57. The van der Waals surface area contributed by atoms with E-state index in [9.17, 15) is 9.18 Å². The largest absolute Gasteiger partial charge is 0.342 e. The first-order valence-electron chi connectivity index (χ1n) is 6.94. The average Bonchev–Trinajstić information content (AvgIpc) is 2.47. The SMILES string of the molecule is NCC(Cc1ccccc1F)C(=O)N1CCCCC1. The maximum Gasteiger partial charge on any atom is 0.227 e. The summed E-state index contributed by atoms with van der Waals surface area (Å²) in [6, 6.07) is 6.59. The molecule has 0 bridgehead atoms. The van der Waals surface area contributed by atoms with E-state index in [4.69, 9.17) is 5.73 Å². The standard InChI is InChI=1S/C15H21FN2O/c16-14-7-3-2-6-12(14)10-13(11-17)15(19)18-8-4-1-5-9-18/h2-3,6-7,13H,1,4-5,8-11,17H2. The van der Waals surface area contributed by atoms with Gasteiger partial charge in [0.1, 0.15) is 5.82 Å². The second-order valence-corrected chi connectivity index (χ2v) is 5.11. The van der Waals surface area contributed by atoms with Crippen molar-refractivity contribution in [3.8, 4) is 0 Å². The van der Waals surface area contributed by atoms with Crippen LogP contribution in [0.1, 0.15) is 24.8 Å². The lowest BCUT2D eigenvalue weighted by molar-refractivity contribution is -0.136. The molecule has 1 aliphatic rings. The lowest BCUT2D eigenvalue weighted by Gasteiger charge is -2.30. The summed E-state index contributed by atoms with van der Waals surface area (Å²) < 4.78 is 13.6. The number of nitrogens with zero attached hydrogens (tertiary/aromatic N) is 1. The second kappa shape index (κ2) is 6.66. The Labute approximate surface area is 113 Å². The Morgan fingerprint density at radius 2 is 1.95 bits per heavy atom. The van der Waals surface area contributed by atoms with Gasteiger partial charge in [-0.3, -0.25) is 4.79 Å². The Morgan fingerprint density at radius 1 is 1.26 bits per heavy atom. The summed E-state index contributed by atoms with van der Waals surface area (Å²) in [6.07, 6.45) is 3.69. The molecule has 0 aromatic heterocycles. The van der Waals surface area contributed by atoms with Crippen LogP contribution >= 0.6 is 0 Å². The van der Waals surface area contributed by atoms with Gasteiger partial charge in [0.05, 0.1) is 5.92 Å². The van der Waals surface area contributed by atoms with Crippen molar-refractivity contribution in [3.05, 3.63) is 35.6 Å². The molecule has 0 radical (unpaired) electrons. The zero-order valence-corrected chi connectivity index (χ0v) is 11.1. The minimum absolute atomic E-state index is 0.0745. The molecular weight excluding hydrogens is 243 g/mol. The normalized spacial score (nSPS) is 17.3. The summed E-state index contributed by atoms with van der Waals surface area (Å²) in [5.74, 6) is -0.493. The third kappa shape index (κ3) is 3.53. The van der Waals surface area contributed by atoms with Gasteiger partial charge in [0.15, 0.2) is 0 Å². The van der Waals surface area contributed by atoms with Crippen molar-refractivity contribution < 1.29 is 9.18 Å². The Bertz CT molecular complexity index is 430. The van der Waals surface area contributed by atoms with E-state index >= 15 is 0 Å². The Balaban J connectivity index is 2.03. The first-order valence-corrected chi connectivity index (χ1v) is 6.94. The van der Waals surface area contributed by atoms with Crippen LogP contribution in [-0.2, 0) is 11.2 Å². The Morgan fingerprint density at radius 3 is 2.58 bits per heavy atom. The van der Waals surface area contributed by atoms with Gasteiger partial charge >= 0.3 is 0 Å². The molecule has 2 rings (SSSR count). The summed E-state index contributed by atoms with van der Waals surface area (Å²) in [5, 5.41) is 0. The summed E-state index contributed by atoms with van der Waals surface area (Å²) in [7, 11) is 0. The van der Waals surface area contributed by atoms with Gasteiger partial charge in [-0.05, 0) is 37.3 Å². The van der Waals surface area contributed by atoms with Crippen LogP contribution in [0.15, 0.2) is 24.3 Å². The molecule has 0 saturated carbocycles. The molecule has 1 amide bonds. The highest BCUT2D eigenvalue weighted by Crippen LogP contribution is 2.17. The minimum atomic E-state index is -0.310. The highest BCUT2D eigenvalue weighted by atomic mass is 19.1. The molecule has 1 aromatic carbocycles. The molecule has 3 nitrogen and oxygen atoms in total. The number of nitrogens with two attached hydrogens (primary N) is 1. The van der Waals surface area contributed by atoms with Crippen molar-refractivity contribution in [1.29, 1.82) is 0 Å². The topological polar surface area (TPSA) is 46.3 Å². The molecule has 1 heterocycles. The van der Waals surface area contributed by atoms with Crippen LogP contribution in [0.25, 0.3) is 0 Å². The number of carbonyl (C=O) groups is 1. The summed E-state index contributed by atoms with van der Waals surface area (Å²) in [6.45, 7) is 1.89. The number of halogens is 1. The summed E-state index contributed by atoms with van der Waals surface area (Å²) >= 11 is 0. The number of hydrogen-bond acceptors (Lipinski definition) is 2. The van der Waals surface area contributed by atoms with E-state index in [1.54, 1.807) is 18.2 Å². The van der Waals surface area contributed by atoms with E-state index in [0.717, 1.165) is 25.9 Å². The highest BCUT2D eigenvalue weighted by Gasteiger charge is 2.25. The van der Waals surface area contributed by atoms with E-state index in [1.165, 1.54) is 12.5 Å². The first kappa shape index (κ1) is 14.0. The van der Waals surface area contributed by atoms with Crippen LogP contribution in [0.3, 0.4) is 0 Å². The van der Waals surface area contributed by atoms with Gasteiger partial charge in [-0.25, -0.2) is 4.39 Å². The number of amides is 1. The lowest BCUT2D eigenvalue weighted by Crippen LogP contribution is -2.42. The van der Waals surface area contributed by atoms with E-state index in [1.807, 2.05) is 4.90 Å². The molecule has 0 spiro atoms. The zero-order valence-electron chi connectivity index (χ0n) is 11.1. The average molecular weight is 264 g/mol. The zero-order chi connectivity index (χ0) is 13.7. The maximum absolute atomic E-state index is 13.6. The smallest absolute Gasteiger partial charge is 0.227 e. The van der Waals surface area contributed by atoms with Crippen molar-refractivity contribution in [2.24, 2.45) is 11.7 Å². The second-order valence-electron chi connectivity index (χ2n) is 5.11. The molecular formula is C15H21FN2O. The van der Waals surface area contributed by atoms with Crippen molar-refractivity contribution in [3.63, 3.8) is 0 Å². The van der Waals surface area contributed by atoms with Gasteiger partial charge in [-0.1, -0.05) is 18.2 Å². The summed E-state index contributed by atoms with van der Waals surface area (Å²) in [5.41, 5.74) is 6.28. The predicted octanol–water partition coefficient (Wildman–Crippen LogP) is 1.96. The van der Waals surface area contributed by atoms with E-state index in [2.05, 4.69) is 0 Å². The Kier molecular flexibility index (Phi) is 4.91. The number of likely N-dealkylation sites (tertiary alicyclic amines) is 1. The van der Waals surface area contributed by atoms with E-state index in [0.29, 0.717) is 12.0 Å². The van der Waals surface area contributed by atoms with Crippen LogP contribution in [0, 0.1) is 11.7 Å². The number of piperidine rings is 1. The predicted molar refractivity (Wildman–Crippen MR) is 73.1 cm³/mol. The van der Waals surface area contributed by atoms with Crippen LogP contribution < -0.4 is 5.73 Å². The van der Waals surface area contributed by atoms with Crippen LogP contribution in [-0.4, -0.2) is 30.4 Å². The van der Waals surface area contributed by atoms with Gasteiger partial charge < -0.3 is 10.6 Å². The van der Waals surface area contributed by atoms with Gasteiger partial charge in [0, 0.05) is 19.6 Å². The molecule has 104 valence electrons. The fraction of sp³-hybridized carbons (Fsp3) is 0.533. The molecule has 1 aliphatic heterocycles. The van der Waals surface area contributed by atoms with E-state index < -0.39 is 0 Å². The fourth-order valence-corrected chi connectivity index (χ4v) is 2.57. The quantitative estimate of drug-likeness (QED) is 0.903. The molecule has 1 unspecified atom stereocenters. The summed E-state index contributed by atoms with van der Waals surface area (Å²) in [4.78, 5) is 14.2. The van der Waals surface area contributed by atoms with Gasteiger partial charge in [0.25, 0.3) is 0 Å². The van der Waals surface area contributed by atoms with Crippen molar-refractivity contribution in [2.75, 3.05) is 19.6 Å². The third-order valence-electron chi connectivity index (χ3n) is 3.73. The van der Waals surface area contributed by atoms with Crippen LogP contribution in [0.5, 0.6) is 0 Å². The number of benzene rings is 1. The first-order chi connectivity index (χ1) is 9.22. The lowest BCUT2D eigenvalue weighted by atomic mass is 9.96. The van der Waals surface area contributed by atoms with E-state index in [-0.39, 0.29) is 24.2 Å². The highest BCUT2D eigenvalue weighted by molar-refractivity contribution is 5.79. The number of rotatable bonds is 4. The monoisotopic (exact) mass is 264 g/mol. The van der Waals surface area contributed by atoms with Crippen molar-refractivity contribution in [1.82, 2.24) is 4.90 Å². The van der Waals surface area contributed by atoms with Gasteiger partial charge in [-0.2, -0.15) is 0 Å². The van der Waals surface area contributed by atoms with Crippen molar-refractivity contribution in [2.45, 2.75) is 25.7 Å². The van der Waals surface area contributed by atoms with Crippen molar-refractivity contribution >= 4 is 5.91 Å². The molecule has 1 saturated heterocycles. The molecule has 1 fully saturated rings. The maximum atomic E-state index is 13.6. The molecule has 4 heteroatoms. The molecule has 1 aromatic rings. The number of hydrogen-bond donors (Lipinski definition) is 1. The molecule has 1 atom stereocenters. The minimum Gasteiger partial charge on any atom is -0.342 e.